The van der Waals surface area contributed by atoms with Crippen molar-refractivity contribution in [1.29, 1.82) is 0 Å². The van der Waals surface area contributed by atoms with Crippen molar-refractivity contribution in [2.45, 2.75) is 0 Å². The number of carboxylic acids is 1. The summed E-state index contributed by atoms with van der Waals surface area (Å²) in [5.74, 6) is -1.21. The number of carbonyl (C=O) groups excluding carboxylic acids is 1. The molecular weight excluding hydrogens is 460 g/mol. The number of hydrogen-bond donors (Lipinski definition) is 3. The van der Waals surface area contributed by atoms with Crippen molar-refractivity contribution in [2.24, 2.45) is 0 Å². The zero-order valence-corrected chi connectivity index (χ0v) is 18.4. The minimum absolute atomic E-state index is 0.0400. The van der Waals surface area contributed by atoms with Crippen LogP contribution in [0.4, 0.5) is 5.69 Å². The van der Waals surface area contributed by atoms with Gasteiger partial charge in [-0.1, -0.05) is 54.1 Å². The summed E-state index contributed by atoms with van der Waals surface area (Å²) in [6.45, 7) is 0. The Kier molecular flexibility index (Phi) is 5.20. The molecule has 8 heteroatoms. The number of aromatic hydroxyl groups is 1. The number of carboxylic acid groups (broad SMARTS) is 1. The Morgan fingerprint density at radius 3 is 2.36 bits per heavy atom. The second kappa shape index (κ2) is 8.20. The number of aromatic carboxylic acids is 1. The lowest BCUT2D eigenvalue weighted by Crippen LogP contribution is -2.03. The Balaban J connectivity index is 1.53. The third kappa shape index (κ3) is 3.88. The van der Waals surface area contributed by atoms with Gasteiger partial charge in [-0.25, -0.2) is 9.78 Å². The Morgan fingerprint density at radius 1 is 1.00 bits per heavy atom. The van der Waals surface area contributed by atoms with Gasteiger partial charge < -0.3 is 15.5 Å². The maximum absolute atomic E-state index is 12.6. The number of para-hydroxylation sites is 1. The second-order valence-corrected chi connectivity index (χ2v) is 8.63. The first kappa shape index (κ1) is 20.9. The molecule has 0 fully saturated rings. The van der Waals surface area contributed by atoms with Crippen molar-refractivity contribution < 1.29 is 19.8 Å². The molecule has 0 saturated heterocycles. The van der Waals surface area contributed by atoms with Crippen molar-refractivity contribution in [3.63, 3.8) is 0 Å². The van der Waals surface area contributed by atoms with Gasteiger partial charge in [-0.3, -0.25) is 4.79 Å². The number of phenols is 1. The summed E-state index contributed by atoms with van der Waals surface area (Å²) in [5.41, 5.74) is 5.22. The fourth-order valence-corrected chi connectivity index (χ4v) is 4.61. The van der Waals surface area contributed by atoms with Crippen LogP contribution in [-0.4, -0.2) is 27.1 Å². The predicted octanol–water partition coefficient (Wildman–Crippen LogP) is 6.03. The molecule has 1 amide bonds. The van der Waals surface area contributed by atoms with E-state index in [-0.39, 0.29) is 16.7 Å². The Hall–Kier alpha value is -3.94. The minimum Gasteiger partial charge on any atom is -0.507 e. The molecule has 33 heavy (non-hydrogen) atoms. The molecule has 0 bridgehead atoms. The van der Waals surface area contributed by atoms with E-state index in [1.807, 2.05) is 42.5 Å². The standard InChI is InChI=1S/C25H15ClN2O4S/c26-20-11-21-18(19(23(30)28-21)9-15-12-33-24(27-15)25(31)32)10-17(20)14-7-5-13(6-8-14)16-3-1-2-4-22(16)29/h1-12,29H,(H,28,30)(H,31,32). The number of amides is 1. The van der Waals surface area contributed by atoms with E-state index in [1.165, 1.54) is 0 Å². The molecule has 3 N–H and O–H groups in total. The Bertz CT molecular complexity index is 1460. The van der Waals surface area contributed by atoms with Crippen molar-refractivity contribution in [1.82, 2.24) is 4.98 Å². The van der Waals surface area contributed by atoms with Gasteiger partial charge in [0.1, 0.15) is 5.75 Å². The maximum Gasteiger partial charge on any atom is 0.365 e. The summed E-state index contributed by atoms with van der Waals surface area (Å²) in [7, 11) is 0. The van der Waals surface area contributed by atoms with Crippen LogP contribution in [0.5, 0.6) is 5.75 Å². The first-order chi connectivity index (χ1) is 15.9. The first-order valence-electron chi connectivity index (χ1n) is 9.85. The molecule has 3 aromatic carbocycles. The summed E-state index contributed by atoms with van der Waals surface area (Å²) in [6.07, 6.45) is 1.57. The number of hydrogen-bond acceptors (Lipinski definition) is 5. The van der Waals surface area contributed by atoms with Gasteiger partial charge in [-0.2, -0.15) is 0 Å². The van der Waals surface area contributed by atoms with Crippen LogP contribution < -0.4 is 5.32 Å². The Morgan fingerprint density at radius 2 is 1.70 bits per heavy atom. The van der Waals surface area contributed by atoms with Crippen LogP contribution in [0, 0.1) is 0 Å². The largest absolute Gasteiger partial charge is 0.507 e. The number of phenolic OH excluding ortho intramolecular Hbond substituents is 1. The molecule has 6 nitrogen and oxygen atoms in total. The van der Waals surface area contributed by atoms with Gasteiger partial charge in [0.05, 0.1) is 22.0 Å². The van der Waals surface area contributed by atoms with Gasteiger partial charge in [0.2, 0.25) is 5.01 Å². The SMILES string of the molecule is O=C1Nc2cc(Cl)c(-c3ccc(-c4ccccc4O)cc3)cc2C1=Cc1csc(C(=O)O)n1. The lowest BCUT2D eigenvalue weighted by Gasteiger charge is -2.10. The molecule has 4 aromatic rings. The number of benzene rings is 3. The maximum atomic E-state index is 12.6. The number of nitrogens with zero attached hydrogens (tertiary/aromatic N) is 1. The summed E-state index contributed by atoms with van der Waals surface area (Å²) >= 11 is 7.53. The minimum atomic E-state index is -1.11. The third-order valence-electron chi connectivity index (χ3n) is 5.30. The highest BCUT2D eigenvalue weighted by Gasteiger charge is 2.26. The highest BCUT2D eigenvalue weighted by Crippen LogP contribution is 2.41. The first-order valence-corrected chi connectivity index (χ1v) is 11.1. The van der Waals surface area contributed by atoms with E-state index in [0.29, 0.717) is 27.5 Å². The lowest BCUT2D eigenvalue weighted by molar-refractivity contribution is -0.110. The molecule has 0 aliphatic carbocycles. The fourth-order valence-electron chi connectivity index (χ4n) is 3.72. The summed E-state index contributed by atoms with van der Waals surface area (Å²) in [4.78, 5) is 27.7. The van der Waals surface area contributed by atoms with E-state index in [1.54, 1.807) is 29.7 Å². The van der Waals surface area contributed by atoms with Crippen molar-refractivity contribution in [3.05, 3.63) is 87.3 Å². The van der Waals surface area contributed by atoms with Crippen LogP contribution in [0.25, 0.3) is 33.9 Å². The zero-order valence-electron chi connectivity index (χ0n) is 16.9. The predicted molar refractivity (Wildman–Crippen MR) is 130 cm³/mol. The van der Waals surface area contributed by atoms with Crippen molar-refractivity contribution in [2.75, 3.05) is 5.32 Å². The Labute approximate surface area is 197 Å². The van der Waals surface area contributed by atoms with Gasteiger partial charge in [-0.05, 0) is 35.4 Å². The van der Waals surface area contributed by atoms with Gasteiger partial charge in [-0.15, -0.1) is 11.3 Å². The summed E-state index contributed by atoms with van der Waals surface area (Å²) < 4.78 is 0. The van der Waals surface area contributed by atoms with Gasteiger partial charge in [0.15, 0.2) is 0 Å². The fraction of sp³-hybridized carbons (Fsp3) is 0. The summed E-state index contributed by atoms with van der Waals surface area (Å²) in [5, 5.41) is 24.0. The molecule has 1 aliphatic rings. The lowest BCUT2D eigenvalue weighted by atomic mass is 9.96. The third-order valence-corrected chi connectivity index (χ3v) is 6.46. The van der Waals surface area contributed by atoms with Gasteiger partial charge >= 0.3 is 5.97 Å². The van der Waals surface area contributed by atoms with Crippen LogP contribution in [0.1, 0.15) is 21.1 Å². The smallest absolute Gasteiger partial charge is 0.365 e. The number of thiazole rings is 1. The number of fused-ring (bicyclic) bond motifs is 1. The zero-order chi connectivity index (χ0) is 23.1. The molecule has 2 heterocycles. The normalized spacial score (nSPS) is 13.7. The second-order valence-electron chi connectivity index (χ2n) is 7.37. The molecule has 0 spiro atoms. The molecular formula is C25H15ClN2O4S. The highest BCUT2D eigenvalue weighted by atomic mass is 35.5. The molecule has 0 unspecified atom stereocenters. The molecule has 1 aliphatic heterocycles. The molecule has 0 radical (unpaired) electrons. The van der Waals surface area contributed by atoms with Gasteiger partial charge in [0, 0.05) is 22.1 Å². The topological polar surface area (TPSA) is 99.5 Å². The van der Waals surface area contributed by atoms with E-state index in [0.717, 1.165) is 33.6 Å². The van der Waals surface area contributed by atoms with E-state index in [4.69, 9.17) is 16.7 Å². The van der Waals surface area contributed by atoms with E-state index < -0.39 is 5.97 Å². The van der Waals surface area contributed by atoms with Crippen LogP contribution in [0.3, 0.4) is 0 Å². The van der Waals surface area contributed by atoms with Crippen LogP contribution in [0.2, 0.25) is 5.02 Å². The number of aromatic nitrogens is 1. The van der Waals surface area contributed by atoms with Crippen LogP contribution >= 0.6 is 22.9 Å². The van der Waals surface area contributed by atoms with Crippen LogP contribution in [0.15, 0.2) is 66.0 Å². The van der Waals surface area contributed by atoms with E-state index >= 15 is 0 Å². The van der Waals surface area contributed by atoms with E-state index in [2.05, 4.69) is 10.3 Å². The average molecular weight is 475 g/mol. The molecule has 0 saturated carbocycles. The quantitative estimate of drug-likeness (QED) is 0.314. The number of nitrogens with one attached hydrogen (secondary N) is 1. The number of halogens is 1. The van der Waals surface area contributed by atoms with Crippen molar-refractivity contribution >= 4 is 52.2 Å². The number of carbonyl (C=O) groups is 2. The van der Waals surface area contributed by atoms with Gasteiger partial charge in [0.25, 0.3) is 5.91 Å². The number of anilines is 1. The van der Waals surface area contributed by atoms with Crippen molar-refractivity contribution in [3.8, 4) is 28.0 Å². The van der Waals surface area contributed by atoms with Crippen LogP contribution in [-0.2, 0) is 4.79 Å². The molecule has 5 rings (SSSR count). The summed E-state index contributed by atoms with van der Waals surface area (Å²) in [6, 6.07) is 18.3. The monoisotopic (exact) mass is 474 g/mol. The molecule has 1 aromatic heterocycles. The molecule has 0 atom stereocenters. The average Bonchev–Trinajstić information content (AvgIpc) is 3.39. The number of rotatable bonds is 4. The van der Waals surface area contributed by atoms with E-state index in [9.17, 15) is 14.7 Å². The highest BCUT2D eigenvalue weighted by molar-refractivity contribution is 7.11. The molecule has 162 valence electrons.